The molecule has 4 nitrogen and oxygen atoms in total. The van der Waals surface area contributed by atoms with Crippen molar-refractivity contribution in [3.05, 3.63) is 53.6 Å². The maximum Gasteiger partial charge on any atom is 0.161 e. The van der Waals surface area contributed by atoms with Crippen LogP contribution in [0.25, 0.3) is 0 Å². The zero-order valence-electron chi connectivity index (χ0n) is 11.5. The number of benzene rings is 2. The predicted octanol–water partition coefficient (Wildman–Crippen LogP) is 3.10. The van der Waals surface area contributed by atoms with Gasteiger partial charge in [-0.1, -0.05) is 6.07 Å². The van der Waals surface area contributed by atoms with Gasteiger partial charge in [0.2, 0.25) is 0 Å². The number of hydrogen-bond donors (Lipinski definition) is 0. The molecule has 0 unspecified atom stereocenters. The highest BCUT2D eigenvalue weighted by atomic mass is 16.5. The van der Waals surface area contributed by atoms with Gasteiger partial charge in [-0.25, -0.2) is 0 Å². The van der Waals surface area contributed by atoms with Gasteiger partial charge in [0.25, 0.3) is 0 Å². The lowest BCUT2D eigenvalue weighted by Crippen LogP contribution is -1.97. The minimum absolute atomic E-state index is 0.417. The number of ether oxygens (including phenoxy) is 3. The summed E-state index contributed by atoms with van der Waals surface area (Å²) in [5.41, 5.74) is 1.60. The van der Waals surface area contributed by atoms with Gasteiger partial charge >= 0.3 is 0 Å². The molecule has 4 heteroatoms. The Kier molecular flexibility index (Phi) is 4.60. The lowest BCUT2D eigenvalue weighted by molar-refractivity contribution is 0.112. The summed E-state index contributed by atoms with van der Waals surface area (Å²) in [4.78, 5) is 10.6. The molecule has 0 spiro atoms. The first-order chi connectivity index (χ1) is 9.76. The molecule has 0 aliphatic carbocycles. The number of carbonyl (C=O) groups is 1. The minimum atomic E-state index is 0.417. The van der Waals surface area contributed by atoms with Crippen molar-refractivity contribution < 1.29 is 19.0 Å². The van der Waals surface area contributed by atoms with Gasteiger partial charge in [-0.15, -0.1) is 0 Å². The number of carbonyl (C=O) groups excluding carboxylic acids is 1. The molecule has 2 aromatic rings. The third-order valence-corrected chi connectivity index (χ3v) is 2.87. The van der Waals surface area contributed by atoms with E-state index in [9.17, 15) is 4.79 Å². The van der Waals surface area contributed by atoms with E-state index in [0.29, 0.717) is 29.4 Å². The van der Waals surface area contributed by atoms with Gasteiger partial charge in [0, 0.05) is 5.56 Å². The van der Waals surface area contributed by atoms with Crippen molar-refractivity contribution >= 4 is 6.29 Å². The van der Waals surface area contributed by atoms with Gasteiger partial charge in [-0.2, -0.15) is 0 Å². The predicted molar refractivity (Wildman–Crippen MR) is 75.7 cm³/mol. The Labute approximate surface area is 117 Å². The Morgan fingerprint density at radius 2 is 1.65 bits per heavy atom. The topological polar surface area (TPSA) is 44.8 Å². The van der Waals surface area contributed by atoms with Crippen LogP contribution in [-0.4, -0.2) is 20.5 Å². The molecule has 0 aliphatic rings. The van der Waals surface area contributed by atoms with Crippen LogP contribution in [0.15, 0.2) is 42.5 Å². The van der Waals surface area contributed by atoms with Crippen molar-refractivity contribution in [3.8, 4) is 17.2 Å². The quantitative estimate of drug-likeness (QED) is 0.758. The van der Waals surface area contributed by atoms with E-state index in [4.69, 9.17) is 14.2 Å². The first kappa shape index (κ1) is 13.9. The second-order valence-electron chi connectivity index (χ2n) is 4.16. The lowest BCUT2D eigenvalue weighted by atomic mass is 10.2. The van der Waals surface area contributed by atoms with Crippen molar-refractivity contribution in [2.75, 3.05) is 14.2 Å². The summed E-state index contributed by atoms with van der Waals surface area (Å²) >= 11 is 0. The Morgan fingerprint density at radius 3 is 2.25 bits per heavy atom. The van der Waals surface area contributed by atoms with Gasteiger partial charge in [0.15, 0.2) is 11.5 Å². The first-order valence-corrected chi connectivity index (χ1v) is 6.15. The molecule has 0 saturated heterocycles. The molecular formula is C16H16O4. The normalized spacial score (nSPS) is 9.90. The third kappa shape index (κ3) is 3.29. The summed E-state index contributed by atoms with van der Waals surface area (Å²) in [6.45, 7) is 0.417. The van der Waals surface area contributed by atoms with E-state index in [1.54, 1.807) is 38.5 Å². The molecule has 104 valence electrons. The van der Waals surface area contributed by atoms with Crippen molar-refractivity contribution in [2.45, 2.75) is 6.61 Å². The fraction of sp³-hybridized carbons (Fsp3) is 0.188. The number of methoxy groups -OCH3 is 2. The fourth-order valence-electron chi connectivity index (χ4n) is 1.78. The van der Waals surface area contributed by atoms with Crippen molar-refractivity contribution in [2.24, 2.45) is 0 Å². The molecule has 20 heavy (non-hydrogen) atoms. The molecule has 0 N–H and O–H groups in total. The maximum atomic E-state index is 10.6. The Bertz CT molecular complexity index is 576. The highest BCUT2D eigenvalue weighted by molar-refractivity contribution is 5.74. The third-order valence-electron chi connectivity index (χ3n) is 2.87. The van der Waals surface area contributed by atoms with Crippen molar-refractivity contribution in [1.82, 2.24) is 0 Å². The molecule has 0 aliphatic heterocycles. The summed E-state index contributed by atoms with van der Waals surface area (Å²) < 4.78 is 16.1. The highest BCUT2D eigenvalue weighted by Gasteiger charge is 2.05. The maximum absolute atomic E-state index is 10.6. The molecule has 0 saturated carbocycles. The minimum Gasteiger partial charge on any atom is -0.493 e. The summed E-state index contributed by atoms with van der Waals surface area (Å²) in [6, 6.07) is 12.6. The van der Waals surface area contributed by atoms with Crippen LogP contribution in [-0.2, 0) is 6.61 Å². The van der Waals surface area contributed by atoms with E-state index in [2.05, 4.69) is 0 Å². The van der Waals surface area contributed by atoms with Crippen molar-refractivity contribution in [3.63, 3.8) is 0 Å². The van der Waals surface area contributed by atoms with Crippen LogP contribution < -0.4 is 14.2 Å². The Balaban J connectivity index is 2.04. The fourth-order valence-corrected chi connectivity index (χ4v) is 1.78. The van der Waals surface area contributed by atoms with E-state index >= 15 is 0 Å². The molecule has 0 atom stereocenters. The Hall–Kier alpha value is -2.49. The molecule has 0 heterocycles. The van der Waals surface area contributed by atoms with Crippen molar-refractivity contribution in [1.29, 1.82) is 0 Å². The molecule has 0 aromatic heterocycles. The van der Waals surface area contributed by atoms with E-state index in [0.717, 1.165) is 11.8 Å². The summed E-state index contributed by atoms with van der Waals surface area (Å²) in [7, 11) is 3.20. The average Bonchev–Trinajstić information content (AvgIpc) is 2.53. The first-order valence-electron chi connectivity index (χ1n) is 6.15. The average molecular weight is 272 g/mol. The van der Waals surface area contributed by atoms with E-state index < -0.39 is 0 Å². The molecule has 0 amide bonds. The van der Waals surface area contributed by atoms with Gasteiger partial charge < -0.3 is 14.2 Å². The number of hydrogen-bond acceptors (Lipinski definition) is 4. The number of rotatable bonds is 6. The van der Waals surface area contributed by atoms with E-state index in [-0.39, 0.29) is 0 Å². The summed E-state index contributed by atoms with van der Waals surface area (Å²) in [6.07, 6.45) is 0.804. The van der Waals surface area contributed by atoms with Crippen LogP contribution >= 0.6 is 0 Å². The largest absolute Gasteiger partial charge is 0.493 e. The van der Waals surface area contributed by atoms with E-state index in [1.807, 2.05) is 18.2 Å². The smallest absolute Gasteiger partial charge is 0.161 e. The van der Waals surface area contributed by atoms with Gasteiger partial charge in [0.1, 0.15) is 18.6 Å². The van der Waals surface area contributed by atoms with E-state index in [1.165, 1.54) is 0 Å². The number of aldehydes is 1. The summed E-state index contributed by atoms with van der Waals surface area (Å²) in [5, 5.41) is 0. The second-order valence-corrected chi connectivity index (χ2v) is 4.16. The summed E-state index contributed by atoms with van der Waals surface area (Å²) in [5.74, 6) is 2.07. The Morgan fingerprint density at radius 1 is 0.950 bits per heavy atom. The zero-order valence-corrected chi connectivity index (χ0v) is 11.5. The molecule has 2 rings (SSSR count). The zero-order chi connectivity index (χ0) is 14.4. The molecular weight excluding hydrogens is 256 g/mol. The van der Waals surface area contributed by atoms with Crippen LogP contribution in [0.2, 0.25) is 0 Å². The highest BCUT2D eigenvalue weighted by Crippen LogP contribution is 2.28. The molecule has 2 aromatic carbocycles. The monoisotopic (exact) mass is 272 g/mol. The second kappa shape index (κ2) is 6.61. The van der Waals surface area contributed by atoms with Gasteiger partial charge in [0.05, 0.1) is 14.2 Å². The van der Waals surface area contributed by atoms with Crippen LogP contribution in [0.4, 0.5) is 0 Å². The standard InChI is InChI=1S/C16H16O4/c1-18-15-8-5-13(9-16(15)19-2)11-20-14-6-3-12(10-17)4-7-14/h3-10H,11H2,1-2H3. The van der Waals surface area contributed by atoms with Crippen LogP contribution in [0.1, 0.15) is 15.9 Å². The van der Waals surface area contributed by atoms with Gasteiger partial charge in [-0.3, -0.25) is 4.79 Å². The van der Waals surface area contributed by atoms with Crippen LogP contribution in [0.3, 0.4) is 0 Å². The van der Waals surface area contributed by atoms with Gasteiger partial charge in [-0.05, 0) is 42.0 Å². The molecule has 0 radical (unpaired) electrons. The SMILES string of the molecule is COc1ccc(COc2ccc(C=O)cc2)cc1OC. The molecule has 0 bridgehead atoms. The van der Waals surface area contributed by atoms with Crippen LogP contribution in [0.5, 0.6) is 17.2 Å². The molecule has 0 fully saturated rings. The van der Waals surface area contributed by atoms with Crippen LogP contribution in [0, 0.1) is 0 Å². The lowest BCUT2D eigenvalue weighted by Gasteiger charge is -2.10.